The Morgan fingerprint density at radius 3 is 2.97 bits per heavy atom. The highest BCUT2D eigenvalue weighted by Gasteiger charge is 2.37. The average Bonchev–Trinajstić information content (AvgIpc) is 3.42. The van der Waals surface area contributed by atoms with Crippen LogP contribution in [0.2, 0.25) is 0 Å². The maximum atomic E-state index is 13.3. The molecule has 0 saturated carbocycles. The minimum Gasteiger partial charge on any atom is -0.483 e. The third kappa shape index (κ3) is 4.16. The number of benzene rings is 1. The van der Waals surface area contributed by atoms with Crippen LogP contribution in [0.5, 0.6) is 5.75 Å². The number of nitriles is 1. The number of rotatable bonds is 6. The van der Waals surface area contributed by atoms with Crippen LogP contribution in [0.25, 0.3) is 10.2 Å². The Bertz CT molecular complexity index is 1310. The lowest BCUT2D eigenvalue weighted by Gasteiger charge is -2.31. The van der Waals surface area contributed by atoms with Gasteiger partial charge in [0.2, 0.25) is 0 Å². The Hall–Kier alpha value is -3.68. The molecule has 1 aromatic carbocycles. The van der Waals surface area contributed by atoms with E-state index in [0.29, 0.717) is 67.3 Å². The molecule has 0 aliphatic carbocycles. The van der Waals surface area contributed by atoms with Gasteiger partial charge < -0.3 is 24.4 Å². The van der Waals surface area contributed by atoms with Crippen LogP contribution >= 0.6 is 11.3 Å². The molecule has 1 amide bonds. The summed E-state index contributed by atoms with van der Waals surface area (Å²) in [6, 6.07) is 7.67. The highest BCUT2D eigenvalue weighted by molar-refractivity contribution is 7.17. The molecular formula is C24H22N4O5S. The molecule has 34 heavy (non-hydrogen) atoms. The van der Waals surface area contributed by atoms with Crippen molar-refractivity contribution in [2.75, 3.05) is 43.1 Å². The van der Waals surface area contributed by atoms with Crippen LogP contribution in [0, 0.1) is 11.3 Å². The summed E-state index contributed by atoms with van der Waals surface area (Å²) in [5, 5.41) is 13.9. The van der Waals surface area contributed by atoms with Gasteiger partial charge in [-0.2, -0.15) is 5.26 Å². The molecule has 2 aliphatic heterocycles. The standard InChI is InChI=1S/C24H22N4O5S/c1-24(13-32-14-29)9-16-7-18(19(8-20(16)33-24)28-2-4-31-5-3-28)27-23(30)17-12-34-21-6-15(10-25)11-26-22(17)21/h6-8,11-12,14H,2-5,9,13H2,1H3,(H,27,30). The van der Waals surface area contributed by atoms with Crippen molar-refractivity contribution in [3.63, 3.8) is 0 Å². The van der Waals surface area contributed by atoms with Crippen LogP contribution in [0.15, 0.2) is 29.8 Å². The van der Waals surface area contributed by atoms with Crippen molar-refractivity contribution in [2.45, 2.75) is 18.9 Å². The van der Waals surface area contributed by atoms with E-state index in [0.717, 1.165) is 16.0 Å². The van der Waals surface area contributed by atoms with Gasteiger partial charge in [0, 0.05) is 42.7 Å². The van der Waals surface area contributed by atoms with Crippen molar-refractivity contribution < 1.29 is 23.8 Å². The summed E-state index contributed by atoms with van der Waals surface area (Å²) >= 11 is 1.38. The van der Waals surface area contributed by atoms with Crippen LogP contribution in [-0.4, -0.2) is 55.9 Å². The van der Waals surface area contributed by atoms with E-state index in [1.54, 1.807) is 11.4 Å². The van der Waals surface area contributed by atoms with Crippen LogP contribution in [-0.2, 0) is 20.7 Å². The van der Waals surface area contributed by atoms with Crippen LogP contribution in [0.4, 0.5) is 11.4 Å². The van der Waals surface area contributed by atoms with E-state index in [1.165, 1.54) is 17.5 Å². The van der Waals surface area contributed by atoms with Gasteiger partial charge in [-0.3, -0.25) is 14.6 Å². The Morgan fingerprint density at radius 1 is 1.38 bits per heavy atom. The first-order chi connectivity index (χ1) is 16.5. The molecule has 4 heterocycles. The van der Waals surface area contributed by atoms with Crippen molar-refractivity contribution in [1.29, 1.82) is 5.26 Å². The molecule has 10 heteroatoms. The Balaban J connectivity index is 1.48. The van der Waals surface area contributed by atoms with E-state index in [-0.39, 0.29) is 12.5 Å². The molecule has 2 aromatic heterocycles. The molecule has 3 aromatic rings. The summed E-state index contributed by atoms with van der Waals surface area (Å²) in [6.45, 7) is 5.01. The average molecular weight is 479 g/mol. The maximum absolute atomic E-state index is 13.3. The minimum atomic E-state index is -0.667. The number of hydrogen-bond acceptors (Lipinski definition) is 9. The fourth-order valence-corrected chi connectivity index (χ4v) is 5.27. The highest BCUT2D eigenvalue weighted by atomic mass is 32.1. The number of pyridine rings is 1. The summed E-state index contributed by atoms with van der Waals surface area (Å²) in [5.74, 6) is 0.437. The minimum absolute atomic E-state index is 0.136. The Kier molecular flexibility index (Phi) is 5.81. The van der Waals surface area contributed by atoms with Crippen molar-refractivity contribution in [2.24, 2.45) is 0 Å². The van der Waals surface area contributed by atoms with Gasteiger partial charge in [-0.15, -0.1) is 11.3 Å². The molecule has 2 aliphatic rings. The number of amides is 1. The summed E-state index contributed by atoms with van der Waals surface area (Å²) in [5.41, 5.74) is 3.25. The molecule has 1 fully saturated rings. The summed E-state index contributed by atoms with van der Waals surface area (Å²) in [6.07, 6.45) is 2.02. The lowest BCUT2D eigenvalue weighted by atomic mass is 9.99. The normalized spacial score (nSPS) is 19.2. The van der Waals surface area contributed by atoms with E-state index < -0.39 is 5.60 Å². The topological polar surface area (TPSA) is 114 Å². The largest absolute Gasteiger partial charge is 0.483 e. The SMILES string of the molecule is CC1(COC=O)Cc2cc(NC(=O)c3csc4cc(C#N)cnc34)c(N3CCOCC3)cc2O1. The second-order valence-corrected chi connectivity index (χ2v) is 9.41. The molecule has 0 bridgehead atoms. The molecule has 1 unspecified atom stereocenters. The molecule has 9 nitrogen and oxygen atoms in total. The number of morpholine rings is 1. The number of aromatic nitrogens is 1. The number of anilines is 2. The first kappa shape index (κ1) is 22.1. The number of carbonyl (C=O) groups is 2. The summed E-state index contributed by atoms with van der Waals surface area (Å²) < 4.78 is 17.4. The van der Waals surface area contributed by atoms with Gasteiger partial charge in [0.05, 0.1) is 45.9 Å². The van der Waals surface area contributed by atoms with E-state index in [2.05, 4.69) is 21.3 Å². The monoisotopic (exact) mass is 478 g/mol. The quantitative estimate of drug-likeness (QED) is 0.538. The predicted octanol–water partition coefficient (Wildman–Crippen LogP) is 3.12. The maximum Gasteiger partial charge on any atom is 0.293 e. The van der Waals surface area contributed by atoms with Gasteiger partial charge in [-0.05, 0) is 19.1 Å². The number of nitrogens with one attached hydrogen (secondary N) is 1. The number of carbonyl (C=O) groups excluding carboxylic acids is 2. The second-order valence-electron chi connectivity index (χ2n) is 8.50. The molecule has 1 saturated heterocycles. The third-order valence-electron chi connectivity index (χ3n) is 5.94. The summed E-state index contributed by atoms with van der Waals surface area (Å²) in [4.78, 5) is 30.5. The van der Waals surface area contributed by atoms with Crippen molar-refractivity contribution in [1.82, 2.24) is 4.98 Å². The van der Waals surface area contributed by atoms with E-state index in [4.69, 9.17) is 19.5 Å². The van der Waals surface area contributed by atoms with E-state index >= 15 is 0 Å². The van der Waals surface area contributed by atoms with E-state index in [9.17, 15) is 9.59 Å². The van der Waals surface area contributed by atoms with Crippen molar-refractivity contribution >= 4 is 45.3 Å². The number of fused-ring (bicyclic) bond motifs is 2. The summed E-state index contributed by atoms with van der Waals surface area (Å²) in [7, 11) is 0. The van der Waals surface area contributed by atoms with Gasteiger partial charge in [-0.1, -0.05) is 0 Å². The number of hydrogen-bond donors (Lipinski definition) is 1. The molecule has 1 atom stereocenters. The first-order valence-electron chi connectivity index (χ1n) is 10.8. The first-order valence-corrected chi connectivity index (χ1v) is 11.7. The number of nitrogens with zero attached hydrogens (tertiary/aromatic N) is 3. The lowest BCUT2D eigenvalue weighted by Crippen LogP contribution is -2.37. The van der Waals surface area contributed by atoms with Crippen LogP contribution in [0.1, 0.15) is 28.4 Å². The van der Waals surface area contributed by atoms with Gasteiger partial charge >= 0.3 is 0 Å². The second kappa shape index (κ2) is 8.93. The molecule has 174 valence electrons. The molecule has 0 radical (unpaired) electrons. The fourth-order valence-electron chi connectivity index (χ4n) is 4.34. The predicted molar refractivity (Wildman–Crippen MR) is 127 cm³/mol. The van der Waals surface area contributed by atoms with Crippen LogP contribution < -0.4 is 15.0 Å². The van der Waals surface area contributed by atoms with Gasteiger partial charge in [-0.25, -0.2) is 0 Å². The zero-order chi connectivity index (χ0) is 23.7. The molecule has 5 rings (SSSR count). The van der Waals surface area contributed by atoms with Gasteiger partial charge in [0.15, 0.2) is 0 Å². The molecular weight excluding hydrogens is 456 g/mol. The molecule has 1 N–H and O–H groups in total. The van der Waals surface area contributed by atoms with Crippen molar-refractivity contribution in [3.05, 3.63) is 46.5 Å². The van der Waals surface area contributed by atoms with E-state index in [1.807, 2.05) is 19.1 Å². The Morgan fingerprint density at radius 2 is 2.21 bits per heavy atom. The zero-order valence-electron chi connectivity index (χ0n) is 18.5. The molecule has 0 spiro atoms. The Labute approximate surface area is 199 Å². The fraction of sp³-hybridized carbons (Fsp3) is 0.333. The van der Waals surface area contributed by atoms with Gasteiger partial charge in [0.1, 0.15) is 24.0 Å². The zero-order valence-corrected chi connectivity index (χ0v) is 19.3. The third-order valence-corrected chi connectivity index (χ3v) is 6.86. The van der Waals surface area contributed by atoms with Crippen molar-refractivity contribution in [3.8, 4) is 11.8 Å². The number of thiophene rings is 1. The number of ether oxygens (including phenoxy) is 3. The van der Waals surface area contributed by atoms with Crippen LogP contribution in [0.3, 0.4) is 0 Å². The van der Waals surface area contributed by atoms with Gasteiger partial charge in [0.25, 0.3) is 12.4 Å². The smallest absolute Gasteiger partial charge is 0.293 e. The lowest BCUT2D eigenvalue weighted by molar-refractivity contribution is -0.133. The highest BCUT2D eigenvalue weighted by Crippen LogP contribution is 2.42.